The van der Waals surface area contributed by atoms with Crippen molar-refractivity contribution in [1.29, 1.82) is 0 Å². The number of hydrogen-bond acceptors (Lipinski definition) is 1. The third kappa shape index (κ3) is 2.01. The summed E-state index contributed by atoms with van der Waals surface area (Å²) in [4.78, 5) is 0. The highest BCUT2D eigenvalue weighted by molar-refractivity contribution is 5.02. The van der Waals surface area contributed by atoms with E-state index in [9.17, 15) is 0 Å². The number of hydrogen-bond donors (Lipinski definition) is 1. The zero-order valence-corrected chi connectivity index (χ0v) is 6.02. The van der Waals surface area contributed by atoms with Crippen LogP contribution in [0.1, 0.15) is 27.7 Å². The summed E-state index contributed by atoms with van der Waals surface area (Å²) in [5, 5.41) is 8.51. The van der Waals surface area contributed by atoms with Gasteiger partial charge in [-0.2, -0.15) is 0 Å². The molecular formula is C7H14O. The Morgan fingerprint density at radius 1 is 1.38 bits per heavy atom. The Morgan fingerprint density at radius 2 is 1.75 bits per heavy atom. The number of aliphatic hydroxyl groups is 1. The second kappa shape index (κ2) is 2.21. The normalized spacial score (nSPS) is 14.2. The van der Waals surface area contributed by atoms with Crippen molar-refractivity contribution >= 4 is 0 Å². The summed E-state index contributed by atoms with van der Waals surface area (Å²) in [6.45, 7) is 8.11. The van der Waals surface area contributed by atoms with Gasteiger partial charge >= 0.3 is 0 Å². The first kappa shape index (κ1) is 7.54. The lowest BCUT2D eigenvalue weighted by molar-refractivity contribution is 0.424. The largest absolute Gasteiger partial charge is 0.516 e. The molecule has 1 heteroatoms. The van der Waals surface area contributed by atoms with Crippen LogP contribution in [0.2, 0.25) is 0 Å². The molecule has 0 aliphatic heterocycles. The van der Waals surface area contributed by atoms with Crippen LogP contribution in [0.15, 0.2) is 11.8 Å². The average molecular weight is 114 g/mol. The first-order valence-corrected chi connectivity index (χ1v) is 2.80. The molecular weight excluding hydrogens is 100 g/mol. The highest BCUT2D eigenvalue weighted by Gasteiger charge is 2.11. The van der Waals surface area contributed by atoms with Gasteiger partial charge in [0.15, 0.2) is 0 Å². The summed E-state index contributed by atoms with van der Waals surface area (Å²) in [6.07, 6.45) is 1.17. The maximum atomic E-state index is 8.51. The van der Waals surface area contributed by atoms with E-state index in [2.05, 4.69) is 20.8 Å². The molecule has 0 aliphatic rings. The lowest BCUT2D eigenvalue weighted by atomic mass is 9.89. The summed E-state index contributed by atoms with van der Waals surface area (Å²) >= 11 is 0. The van der Waals surface area contributed by atoms with E-state index >= 15 is 0 Å². The van der Waals surface area contributed by atoms with E-state index in [4.69, 9.17) is 5.11 Å². The van der Waals surface area contributed by atoms with Crippen LogP contribution >= 0.6 is 0 Å². The molecule has 0 unspecified atom stereocenters. The van der Waals surface area contributed by atoms with Gasteiger partial charge in [0.2, 0.25) is 0 Å². The molecule has 0 atom stereocenters. The van der Waals surface area contributed by atoms with E-state index in [1.54, 1.807) is 0 Å². The van der Waals surface area contributed by atoms with Crippen molar-refractivity contribution in [2.24, 2.45) is 5.41 Å². The fraction of sp³-hybridized carbons (Fsp3) is 0.714. The summed E-state index contributed by atoms with van der Waals surface area (Å²) in [6, 6.07) is 0. The van der Waals surface area contributed by atoms with Crippen LogP contribution in [-0.4, -0.2) is 5.11 Å². The second-order valence-electron chi connectivity index (χ2n) is 3.06. The predicted octanol–water partition coefficient (Wildman–Crippen LogP) is 2.49. The average Bonchev–Trinajstić information content (AvgIpc) is 1.62. The molecule has 8 heavy (non-hydrogen) atoms. The minimum Gasteiger partial charge on any atom is -0.516 e. The fourth-order valence-electron chi connectivity index (χ4n) is 0.194. The highest BCUT2D eigenvalue weighted by Crippen LogP contribution is 2.22. The molecule has 0 saturated carbocycles. The first-order valence-electron chi connectivity index (χ1n) is 2.80. The van der Waals surface area contributed by atoms with Crippen molar-refractivity contribution in [3.8, 4) is 0 Å². The molecule has 0 bridgehead atoms. The Kier molecular flexibility index (Phi) is 2.08. The van der Waals surface area contributed by atoms with Crippen molar-refractivity contribution in [3.05, 3.63) is 11.8 Å². The zero-order chi connectivity index (χ0) is 6.78. The van der Waals surface area contributed by atoms with Crippen LogP contribution in [0.3, 0.4) is 0 Å². The van der Waals surface area contributed by atoms with Crippen LogP contribution in [0.4, 0.5) is 0 Å². The maximum Gasteiger partial charge on any atom is 0.0786 e. The van der Waals surface area contributed by atoms with Gasteiger partial charge in [-0.3, -0.25) is 0 Å². The Bertz CT molecular complexity index is 95.4. The van der Waals surface area contributed by atoms with Crippen LogP contribution in [-0.2, 0) is 0 Å². The Balaban J connectivity index is 4.03. The number of allylic oxidation sites excluding steroid dienone is 1. The zero-order valence-electron chi connectivity index (χ0n) is 6.02. The summed E-state index contributed by atoms with van der Waals surface area (Å²) in [5.74, 6) is 0. The van der Waals surface area contributed by atoms with E-state index in [-0.39, 0.29) is 5.41 Å². The predicted molar refractivity (Wildman–Crippen MR) is 35.8 cm³/mol. The fourth-order valence-corrected chi connectivity index (χ4v) is 0.194. The standard InChI is InChI=1S/C7H14O/c1-6(5-8)7(2,3)4/h5,8H,1-4H3. The molecule has 0 rings (SSSR count). The third-order valence-electron chi connectivity index (χ3n) is 1.38. The van der Waals surface area contributed by atoms with Gasteiger partial charge in [-0.15, -0.1) is 0 Å². The third-order valence-corrected chi connectivity index (χ3v) is 1.38. The lowest BCUT2D eigenvalue weighted by Crippen LogP contribution is -2.05. The minimum absolute atomic E-state index is 0.120. The van der Waals surface area contributed by atoms with Crippen LogP contribution < -0.4 is 0 Å². The Hall–Kier alpha value is -0.460. The van der Waals surface area contributed by atoms with Gasteiger partial charge < -0.3 is 5.11 Å². The monoisotopic (exact) mass is 114 g/mol. The van der Waals surface area contributed by atoms with Crippen molar-refractivity contribution in [2.75, 3.05) is 0 Å². The molecule has 1 nitrogen and oxygen atoms in total. The van der Waals surface area contributed by atoms with Gasteiger partial charge in [-0.1, -0.05) is 20.8 Å². The molecule has 0 aromatic rings. The molecule has 0 amide bonds. The topological polar surface area (TPSA) is 20.2 Å². The molecule has 0 spiro atoms. The molecule has 0 aromatic carbocycles. The molecule has 0 heterocycles. The highest BCUT2D eigenvalue weighted by atomic mass is 16.2. The van der Waals surface area contributed by atoms with Crippen LogP contribution in [0.5, 0.6) is 0 Å². The number of aliphatic hydroxyl groups excluding tert-OH is 1. The molecule has 0 aromatic heterocycles. The van der Waals surface area contributed by atoms with E-state index in [0.717, 1.165) is 5.57 Å². The molecule has 0 radical (unpaired) electrons. The van der Waals surface area contributed by atoms with Crippen LogP contribution in [0, 0.1) is 5.41 Å². The summed E-state index contributed by atoms with van der Waals surface area (Å²) < 4.78 is 0. The summed E-state index contributed by atoms with van der Waals surface area (Å²) in [7, 11) is 0. The van der Waals surface area contributed by atoms with E-state index in [0.29, 0.717) is 0 Å². The van der Waals surface area contributed by atoms with Crippen LogP contribution in [0.25, 0.3) is 0 Å². The van der Waals surface area contributed by atoms with Gasteiger partial charge in [0.25, 0.3) is 0 Å². The molecule has 0 fully saturated rings. The van der Waals surface area contributed by atoms with Gasteiger partial charge in [-0.05, 0) is 17.9 Å². The molecule has 48 valence electrons. The smallest absolute Gasteiger partial charge is 0.0786 e. The molecule has 0 saturated heterocycles. The van der Waals surface area contributed by atoms with Crippen molar-refractivity contribution in [3.63, 3.8) is 0 Å². The second-order valence-corrected chi connectivity index (χ2v) is 3.06. The minimum atomic E-state index is 0.120. The molecule has 0 aliphatic carbocycles. The van der Waals surface area contributed by atoms with Gasteiger partial charge in [-0.25, -0.2) is 0 Å². The van der Waals surface area contributed by atoms with Gasteiger partial charge in [0.05, 0.1) is 6.26 Å². The van der Waals surface area contributed by atoms with E-state index in [1.807, 2.05) is 6.92 Å². The van der Waals surface area contributed by atoms with E-state index in [1.165, 1.54) is 6.26 Å². The SMILES string of the molecule is CC(=CO)C(C)(C)C. The van der Waals surface area contributed by atoms with Crippen molar-refractivity contribution in [2.45, 2.75) is 27.7 Å². The number of rotatable bonds is 0. The first-order chi connectivity index (χ1) is 3.48. The van der Waals surface area contributed by atoms with Gasteiger partial charge in [0.1, 0.15) is 0 Å². The van der Waals surface area contributed by atoms with Gasteiger partial charge in [0, 0.05) is 0 Å². The summed E-state index contributed by atoms with van der Waals surface area (Å²) in [5.41, 5.74) is 1.13. The lowest BCUT2D eigenvalue weighted by Gasteiger charge is -2.17. The maximum absolute atomic E-state index is 8.51. The Labute approximate surface area is 51.0 Å². The quantitative estimate of drug-likeness (QED) is 0.480. The molecule has 1 N–H and O–H groups in total. The van der Waals surface area contributed by atoms with E-state index < -0.39 is 0 Å². The van der Waals surface area contributed by atoms with Crippen molar-refractivity contribution in [1.82, 2.24) is 0 Å². The Morgan fingerprint density at radius 3 is 1.75 bits per heavy atom. The van der Waals surface area contributed by atoms with Crippen molar-refractivity contribution < 1.29 is 5.11 Å².